The second-order valence-electron chi connectivity index (χ2n) is 7.96. The smallest absolute Gasteiger partial charge is 0.148 e. The van der Waals surface area contributed by atoms with Gasteiger partial charge in [0.25, 0.3) is 0 Å². The molecule has 5 nitrogen and oxygen atoms in total. The Bertz CT molecular complexity index is 1170. The third kappa shape index (κ3) is 5.06. The number of aromatic nitrogens is 2. The molecule has 5 heteroatoms. The predicted molar refractivity (Wildman–Crippen MR) is 123 cm³/mol. The van der Waals surface area contributed by atoms with Gasteiger partial charge < -0.3 is 19.1 Å². The van der Waals surface area contributed by atoms with E-state index in [0.717, 1.165) is 33.9 Å². The maximum Gasteiger partial charge on any atom is 0.148 e. The van der Waals surface area contributed by atoms with Gasteiger partial charge in [-0.05, 0) is 56.7 Å². The number of aryl methyl sites for hydroxylation is 3. The molecule has 0 saturated carbocycles. The Morgan fingerprint density at radius 1 is 0.903 bits per heavy atom. The molecule has 4 rings (SSSR count). The van der Waals surface area contributed by atoms with E-state index in [1.54, 1.807) is 0 Å². The summed E-state index contributed by atoms with van der Waals surface area (Å²) >= 11 is 0. The van der Waals surface area contributed by atoms with Crippen molar-refractivity contribution >= 4 is 11.0 Å². The minimum Gasteiger partial charge on any atom is -0.491 e. The van der Waals surface area contributed by atoms with Gasteiger partial charge in [0, 0.05) is 0 Å². The number of fused-ring (bicyclic) bond motifs is 1. The standard InChI is InChI=1S/C26H28N2O3/c1-18-8-11-22(12-9-18)30-17-26-27-23-6-4-5-7-24(23)28(26)15-21(29)16-31-25-13-10-19(2)14-20(25)3/h4-14,21,29H,15-17H2,1-3H3/t21-/m0/s1. The number of nitrogens with zero attached hydrogens (tertiary/aromatic N) is 2. The summed E-state index contributed by atoms with van der Waals surface area (Å²) in [6.07, 6.45) is -0.684. The van der Waals surface area contributed by atoms with Crippen LogP contribution in [0.1, 0.15) is 22.5 Å². The zero-order chi connectivity index (χ0) is 21.8. The van der Waals surface area contributed by atoms with Crippen molar-refractivity contribution in [2.75, 3.05) is 6.61 Å². The van der Waals surface area contributed by atoms with E-state index in [0.29, 0.717) is 13.2 Å². The first-order valence-corrected chi connectivity index (χ1v) is 10.5. The second-order valence-corrected chi connectivity index (χ2v) is 7.96. The molecule has 0 bridgehead atoms. The van der Waals surface area contributed by atoms with Crippen LogP contribution in [0.15, 0.2) is 66.7 Å². The van der Waals surface area contributed by atoms with Crippen molar-refractivity contribution < 1.29 is 14.6 Å². The van der Waals surface area contributed by atoms with Crippen LogP contribution in [-0.4, -0.2) is 27.4 Å². The van der Waals surface area contributed by atoms with Gasteiger partial charge in [0.2, 0.25) is 0 Å². The lowest BCUT2D eigenvalue weighted by molar-refractivity contribution is 0.0914. The fourth-order valence-electron chi connectivity index (χ4n) is 3.63. The van der Waals surface area contributed by atoms with Crippen LogP contribution in [0.4, 0.5) is 0 Å². The summed E-state index contributed by atoms with van der Waals surface area (Å²) in [5.41, 5.74) is 5.29. The number of benzene rings is 3. The summed E-state index contributed by atoms with van der Waals surface area (Å²) in [7, 11) is 0. The van der Waals surface area contributed by atoms with E-state index in [2.05, 4.69) is 13.0 Å². The zero-order valence-corrected chi connectivity index (χ0v) is 18.2. The van der Waals surface area contributed by atoms with Crippen LogP contribution in [0.5, 0.6) is 11.5 Å². The normalized spacial score (nSPS) is 12.1. The molecule has 0 spiro atoms. The number of ether oxygens (including phenoxy) is 2. The number of para-hydroxylation sites is 2. The average Bonchev–Trinajstić information content (AvgIpc) is 3.10. The quantitative estimate of drug-likeness (QED) is 0.440. The minimum absolute atomic E-state index is 0.203. The molecule has 1 atom stereocenters. The highest BCUT2D eigenvalue weighted by molar-refractivity contribution is 5.75. The van der Waals surface area contributed by atoms with E-state index < -0.39 is 6.10 Å². The van der Waals surface area contributed by atoms with Crippen molar-refractivity contribution in [1.82, 2.24) is 9.55 Å². The fraction of sp³-hybridized carbons (Fsp3) is 0.269. The molecule has 160 valence electrons. The molecule has 0 radical (unpaired) electrons. The number of aliphatic hydroxyl groups excluding tert-OH is 1. The van der Waals surface area contributed by atoms with E-state index in [-0.39, 0.29) is 6.61 Å². The van der Waals surface area contributed by atoms with Gasteiger partial charge in [-0.3, -0.25) is 0 Å². The molecule has 0 aliphatic carbocycles. The monoisotopic (exact) mass is 416 g/mol. The van der Waals surface area contributed by atoms with Crippen molar-refractivity contribution in [3.63, 3.8) is 0 Å². The summed E-state index contributed by atoms with van der Waals surface area (Å²) < 4.78 is 13.9. The predicted octanol–water partition coefficient (Wildman–Crippen LogP) is 4.98. The molecule has 0 unspecified atom stereocenters. The molecule has 0 saturated heterocycles. The van der Waals surface area contributed by atoms with Crippen molar-refractivity contribution in [2.45, 2.75) is 40.0 Å². The Kier molecular flexibility index (Phi) is 6.23. The lowest BCUT2D eigenvalue weighted by Crippen LogP contribution is -2.25. The largest absolute Gasteiger partial charge is 0.491 e. The van der Waals surface area contributed by atoms with E-state index in [1.807, 2.05) is 79.1 Å². The lowest BCUT2D eigenvalue weighted by Gasteiger charge is -2.17. The third-order valence-electron chi connectivity index (χ3n) is 5.28. The maximum absolute atomic E-state index is 10.7. The van der Waals surface area contributed by atoms with E-state index in [1.165, 1.54) is 11.1 Å². The fourth-order valence-corrected chi connectivity index (χ4v) is 3.63. The number of aliphatic hydroxyl groups is 1. The van der Waals surface area contributed by atoms with Crippen LogP contribution in [0.2, 0.25) is 0 Å². The highest BCUT2D eigenvalue weighted by atomic mass is 16.5. The van der Waals surface area contributed by atoms with Gasteiger partial charge in [0.1, 0.15) is 36.6 Å². The van der Waals surface area contributed by atoms with Crippen LogP contribution in [0.3, 0.4) is 0 Å². The molecule has 31 heavy (non-hydrogen) atoms. The lowest BCUT2D eigenvalue weighted by atomic mass is 10.1. The van der Waals surface area contributed by atoms with E-state index in [9.17, 15) is 5.11 Å². The molecule has 0 aliphatic rings. The number of hydrogen-bond acceptors (Lipinski definition) is 4. The highest BCUT2D eigenvalue weighted by Gasteiger charge is 2.16. The topological polar surface area (TPSA) is 56.5 Å². The molecule has 0 fully saturated rings. The molecule has 0 aliphatic heterocycles. The second kappa shape index (κ2) is 9.23. The van der Waals surface area contributed by atoms with Crippen molar-refractivity contribution in [3.8, 4) is 11.5 Å². The third-order valence-corrected chi connectivity index (χ3v) is 5.28. The number of imidazole rings is 1. The van der Waals surface area contributed by atoms with Gasteiger partial charge in [-0.15, -0.1) is 0 Å². The Morgan fingerprint density at radius 2 is 1.65 bits per heavy atom. The van der Waals surface area contributed by atoms with Crippen molar-refractivity contribution in [2.24, 2.45) is 0 Å². The molecule has 0 amide bonds. The summed E-state index contributed by atoms with van der Waals surface area (Å²) in [5.74, 6) is 2.36. The highest BCUT2D eigenvalue weighted by Crippen LogP contribution is 2.21. The zero-order valence-electron chi connectivity index (χ0n) is 18.2. The molecule has 4 aromatic rings. The van der Waals surface area contributed by atoms with Gasteiger partial charge in [-0.1, -0.05) is 47.5 Å². The molecular weight excluding hydrogens is 388 g/mol. The minimum atomic E-state index is -0.684. The number of hydrogen-bond donors (Lipinski definition) is 1. The number of rotatable bonds is 8. The van der Waals surface area contributed by atoms with Crippen molar-refractivity contribution in [1.29, 1.82) is 0 Å². The molecular formula is C26H28N2O3. The summed E-state index contributed by atoms with van der Waals surface area (Å²) in [6.45, 7) is 7.01. The van der Waals surface area contributed by atoms with Gasteiger partial charge in [0.05, 0.1) is 17.6 Å². The molecule has 3 aromatic carbocycles. The van der Waals surface area contributed by atoms with Crippen LogP contribution >= 0.6 is 0 Å². The Labute approximate surface area is 182 Å². The van der Waals surface area contributed by atoms with Gasteiger partial charge in [-0.2, -0.15) is 0 Å². The van der Waals surface area contributed by atoms with Crippen molar-refractivity contribution in [3.05, 3.63) is 89.2 Å². The summed E-state index contributed by atoms with van der Waals surface area (Å²) in [6, 6.07) is 21.9. The van der Waals surface area contributed by atoms with Gasteiger partial charge in [0.15, 0.2) is 0 Å². The van der Waals surface area contributed by atoms with Crippen LogP contribution < -0.4 is 9.47 Å². The average molecular weight is 417 g/mol. The Morgan fingerprint density at radius 3 is 2.42 bits per heavy atom. The first-order chi connectivity index (χ1) is 15.0. The van der Waals surface area contributed by atoms with E-state index in [4.69, 9.17) is 14.5 Å². The SMILES string of the molecule is Cc1ccc(OCc2nc3ccccc3n2C[C@H](O)COc2ccc(C)cc2C)cc1. The summed E-state index contributed by atoms with van der Waals surface area (Å²) in [5, 5.41) is 10.7. The van der Waals surface area contributed by atoms with Crippen LogP contribution in [0.25, 0.3) is 11.0 Å². The van der Waals surface area contributed by atoms with Gasteiger partial charge in [-0.25, -0.2) is 4.98 Å². The Hall–Kier alpha value is -3.31. The first-order valence-electron chi connectivity index (χ1n) is 10.5. The van der Waals surface area contributed by atoms with Crippen LogP contribution in [0, 0.1) is 20.8 Å². The van der Waals surface area contributed by atoms with Gasteiger partial charge >= 0.3 is 0 Å². The summed E-state index contributed by atoms with van der Waals surface area (Å²) in [4.78, 5) is 4.73. The first kappa shape index (κ1) is 20.9. The maximum atomic E-state index is 10.7. The molecule has 1 N–H and O–H groups in total. The Balaban J connectivity index is 1.48. The molecule has 1 heterocycles. The van der Waals surface area contributed by atoms with Crippen LogP contribution in [-0.2, 0) is 13.2 Å². The van der Waals surface area contributed by atoms with E-state index >= 15 is 0 Å². The molecule has 1 aromatic heterocycles.